The van der Waals surface area contributed by atoms with Gasteiger partial charge < -0.3 is 4.55 Å². The third-order valence-electron chi connectivity index (χ3n) is 0.236. The van der Waals surface area contributed by atoms with E-state index in [-0.39, 0.29) is 23.3 Å². The molecule has 0 bridgehead atoms. The minimum atomic E-state index is -1.82. The fourth-order valence-corrected chi connectivity index (χ4v) is 0. The molecule has 4 radical (unpaired) electrons. The molecule has 1 atom stereocenters. The minimum Gasteiger partial charge on any atom is -0.772 e. The molecule has 0 saturated carbocycles. The standard InChI is InChI=1S/C2H6O2S.Ge/c1-2-5(3)4;/h2H2,1H3,(H,3,4);/p-1. The summed E-state index contributed by atoms with van der Waals surface area (Å²) in [5.74, 6) is 0.222. The van der Waals surface area contributed by atoms with Crippen molar-refractivity contribution in [1.29, 1.82) is 0 Å². The molecule has 0 spiro atoms. The largest absolute Gasteiger partial charge is 0.772 e. The molecule has 0 aliphatic heterocycles. The molecule has 0 rings (SSSR count). The monoisotopic (exact) mass is 167 g/mol. The Hall–Kier alpha value is 0.653. The van der Waals surface area contributed by atoms with Crippen molar-refractivity contribution in [2.45, 2.75) is 6.92 Å². The molecule has 0 aromatic carbocycles. The number of hydrogen-bond donors (Lipinski definition) is 0. The zero-order valence-corrected chi connectivity index (χ0v) is 6.35. The van der Waals surface area contributed by atoms with Gasteiger partial charge >= 0.3 is 0 Å². The molecule has 2 nitrogen and oxygen atoms in total. The third kappa shape index (κ3) is 8.82. The van der Waals surface area contributed by atoms with E-state index in [1.807, 2.05) is 0 Å². The molecule has 0 saturated heterocycles. The van der Waals surface area contributed by atoms with Crippen LogP contribution in [0.4, 0.5) is 0 Å². The van der Waals surface area contributed by atoms with E-state index in [1.165, 1.54) is 0 Å². The Kier molecular flexibility index (Phi) is 9.25. The zero-order chi connectivity index (χ0) is 4.28. The molecule has 0 heterocycles. The van der Waals surface area contributed by atoms with Gasteiger partial charge in [0.2, 0.25) is 0 Å². The van der Waals surface area contributed by atoms with Crippen LogP contribution in [0.5, 0.6) is 0 Å². The van der Waals surface area contributed by atoms with E-state index in [2.05, 4.69) is 0 Å². The minimum absolute atomic E-state index is 0. The van der Waals surface area contributed by atoms with Crippen molar-refractivity contribution in [2.75, 3.05) is 5.75 Å². The molecule has 0 aromatic rings. The van der Waals surface area contributed by atoms with Crippen LogP contribution in [-0.2, 0) is 11.1 Å². The normalized spacial score (nSPS) is 12.3. The molecule has 0 aromatic heterocycles. The van der Waals surface area contributed by atoms with Gasteiger partial charge in [0, 0.05) is 23.3 Å². The summed E-state index contributed by atoms with van der Waals surface area (Å²) in [7, 11) is 0. The Morgan fingerprint density at radius 3 is 2.00 bits per heavy atom. The fourth-order valence-electron chi connectivity index (χ4n) is 0. The van der Waals surface area contributed by atoms with Gasteiger partial charge in [0.15, 0.2) is 0 Å². The van der Waals surface area contributed by atoms with E-state index in [4.69, 9.17) is 0 Å². The van der Waals surface area contributed by atoms with Gasteiger partial charge in [-0.15, -0.1) is 0 Å². The third-order valence-corrected chi connectivity index (χ3v) is 0.707. The van der Waals surface area contributed by atoms with Crippen molar-refractivity contribution in [3.8, 4) is 0 Å². The number of rotatable bonds is 1. The van der Waals surface area contributed by atoms with Gasteiger partial charge in [0.05, 0.1) is 0 Å². The van der Waals surface area contributed by atoms with Gasteiger partial charge in [-0.25, -0.2) is 0 Å². The molecule has 4 heteroatoms. The van der Waals surface area contributed by atoms with Crippen LogP contribution in [0.2, 0.25) is 0 Å². The topological polar surface area (TPSA) is 40.1 Å². The van der Waals surface area contributed by atoms with Crippen LogP contribution in [0.15, 0.2) is 0 Å². The Labute approximate surface area is 50.6 Å². The smallest absolute Gasteiger partial charge is 0.00731 e. The summed E-state index contributed by atoms with van der Waals surface area (Å²) in [6.45, 7) is 1.59. The first-order valence-corrected chi connectivity index (χ1v) is 2.57. The first-order chi connectivity index (χ1) is 2.27. The molecule has 36 valence electrons. The zero-order valence-electron chi connectivity index (χ0n) is 3.43. The van der Waals surface area contributed by atoms with Crippen molar-refractivity contribution in [1.82, 2.24) is 0 Å². The van der Waals surface area contributed by atoms with Crippen molar-refractivity contribution in [2.24, 2.45) is 0 Å². The van der Waals surface area contributed by atoms with Gasteiger partial charge in [-0.3, -0.25) is 4.21 Å². The van der Waals surface area contributed by atoms with Crippen LogP contribution in [0, 0.1) is 0 Å². The van der Waals surface area contributed by atoms with Crippen molar-refractivity contribution in [3.63, 3.8) is 0 Å². The average molecular weight is 166 g/mol. The summed E-state index contributed by atoms with van der Waals surface area (Å²) >= 11 is -1.82. The Morgan fingerprint density at radius 1 is 1.83 bits per heavy atom. The Bertz CT molecular complexity index is 46.8. The summed E-state index contributed by atoms with van der Waals surface area (Å²) in [4.78, 5) is 0. The van der Waals surface area contributed by atoms with E-state index >= 15 is 0 Å². The number of hydrogen-bond acceptors (Lipinski definition) is 2. The van der Waals surface area contributed by atoms with Gasteiger partial charge in [0.25, 0.3) is 0 Å². The summed E-state index contributed by atoms with van der Waals surface area (Å²) in [5.41, 5.74) is 0. The van der Waals surface area contributed by atoms with Gasteiger partial charge in [0.1, 0.15) is 0 Å². The Morgan fingerprint density at radius 2 is 2.00 bits per heavy atom. The molecule has 6 heavy (non-hydrogen) atoms. The van der Waals surface area contributed by atoms with E-state index < -0.39 is 11.1 Å². The average Bonchev–Trinajstić information content (AvgIpc) is 1.38. The SMILES string of the molecule is CCS(=O)[O-].[Ge]. The predicted octanol–water partition coefficient (Wildman–Crippen LogP) is -0.495. The molecular weight excluding hydrogens is 161 g/mol. The maximum atomic E-state index is 9.37. The van der Waals surface area contributed by atoms with Crippen LogP contribution < -0.4 is 0 Å². The van der Waals surface area contributed by atoms with Crippen molar-refractivity contribution < 1.29 is 8.76 Å². The molecule has 0 aliphatic carbocycles. The van der Waals surface area contributed by atoms with E-state index in [0.717, 1.165) is 0 Å². The maximum absolute atomic E-state index is 9.37. The molecule has 0 amide bonds. The van der Waals surface area contributed by atoms with E-state index in [9.17, 15) is 8.76 Å². The molecule has 0 N–H and O–H groups in total. The Balaban J connectivity index is 0. The van der Waals surface area contributed by atoms with Gasteiger partial charge in [-0.1, -0.05) is 18.0 Å². The second-order valence-corrected chi connectivity index (χ2v) is 1.78. The van der Waals surface area contributed by atoms with E-state index in [0.29, 0.717) is 0 Å². The van der Waals surface area contributed by atoms with Crippen LogP contribution in [0.1, 0.15) is 6.92 Å². The predicted molar refractivity (Wildman–Crippen MR) is 25.2 cm³/mol. The maximum Gasteiger partial charge on any atom is 0.00731 e. The summed E-state index contributed by atoms with van der Waals surface area (Å²) in [5, 5.41) is 0. The molecule has 1 unspecified atom stereocenters. The second-order valence-electron chi connectivity index (χ2n) is 0.592. The first-order valence-electron chi connectivity index (χ1n) is 1.33. The second kappa shape index (κ2) is 5.65. The summed E-state index contributed by atoms with van der Waals surface area (Å²) in [6, 6.07) is 0. The molecular formula is C2H5GeO2S-. The van der Waals surface area contributed by atoms with Crippen LogP contribution in [0.25, 0.3) is 0 Å². The van der Waals surface area contributed by atoms with Gasteiger partial charge in [-0.05, 0) is 0 Å². The van der Waals surface area contributed by atoms with Crippen molar-refractivity contribution >= 4 is 28.7 Å². The molecule has 0 aliphatic rings. The van der Waals surface area contributed by atoms with E-state index in [1.54, 1.807) is 6.92 Å². The van der Waals surface area contributed by atoms with Crippen LogP contribution >= 0.6 is 0 Å². The van der Waals surface area contributed by atoms with Crippen molar-refractivity contribution in [3.05, 3.63) is 0 Å². The quantitative estimate of drug-likeness (QED) is 0.389. The molecule has 0 fully saturated rings. The van der Waals surface area contributed by atoms with Gasteiger partial charge in [-0.2, -0.15) is 0 Å². The first kappa shape index (κ1) is 9.82. The summed E-state index contributed by atoms with van der Waals surface area (Å²) < 4.78 is 18.7. The van der Waals surface area contributed by atoms with Crippen LogP contribution in [0.3, 0.4) is 0 Å². The fraction of sp³-hybridized carbons (Fsp3) is 1.00. The van der Waals surface area contributed by atoms with Crippen LogP contribution in [-0.4, -0.2) is 32.1 Å². The summed E-state index contributed by atoms with van der Waals surface area (Å²) in [6.07, 6.45) is 0.